The van der Waals surface area contributed by atoms with Gasteiger partial charge < -0.3 is 19.4 Å². The highest BCUT2D eigenvalue weighted by molar-refractivity contribution is 6.34. The molecule has 0 saturated heterocycles. The monoisotopic (exact) mass is 382 g/mol. The van der Waals surface area contributed by atoms with E-state index in [1.807, 2.05) is 30.3 Å². The molecule has 5 nitrogen and oxygen atoms in total. The van der Waals surface area contributed by atoms with Gasteiger partial charge in [-0.15, -0.1) is 0 Å². The molecule has 6 heteroatoms. The number of phenols is 2. The van der Waals surface area contributed by atoms with E-state index in [9.17, 15) is 15.0 Å². The van der Waals surface area contributed by atoms with Crippen molar-refractivity contribution in [3.63, 3.8) is 0 Å². The molecule has 0 bridgehead atoms. The lowest BCUT2D eigenvalue weighted by molar-refractivity contribution is 0.306. The average molecular weight is 383 g/mol. The number of rotatable bonds is 3. The summed E-state index contributed by atoms with van der Waals surface area (Å²) < 4.78 is 11.6. The Balaban J connectivity index is 1.86. The van der Waals surface area contributed by atoms with Gasteiger partial charge in [0.15, 0.2) is 5.75 Å². The summed E-state index contributed by atoms with van der Waals surface area (Å²) in [6.45, 7) is 2.14. The molecule has 0 saturated carbocycles. The van der Waals surface area contributed by atoms with E-state index >= 15 is 0 Å². The first-order valence-electron chi connectivity index (χ1n) is 8.24. The largest absolute Gasteiger partial charge is 0.506 e. The molecule has 0 aliphatic heterocycles. The van der Waals surface area contributed by atoms with Gasteiger partial charge >= 0.3 is 0 Å². The summed E-state index contributed by atoms with van der Waals surface area (Å²) in [5.74, 6) is -0.308. The number of aromatic hydroxyl groups is 2. The molecular weight excluding hydrogens is 368 g/mol. The lowest BCUT2D eigenvalue weighted by Crippen LogP contribution is -2.05. The maximum absolute atomic E-state index is 12.9. The van der Waals surface area contributed by atoms with E-state index in [2.05, 4.69) is 0 Å². The third kappa shape index (κ3) is 2.96. The molecule has 1 aromatic heterocycles. The lowest BCUT2D eigenvalue weighted by atomic mass is 10.1. The van der Waals surface area contributed by atoms with E-state index in [4.69, 9.17) is 20.8 Å². The van der Waals surface area contributed by atoms with Crippen molar-refractivity contribution in [1.82, 2.24) is 0 Å². The van der Waals surface area contributed by atoms with Crippen molar-refractivity contribution < 1.29 is 19.4 Å². The Labute approximate surface area is 159 Å². The first-order chi connectivity index (χ1) is 13.0. The molecule has 4 aromatic rings. The van der Waals surface area contributed by atoms with Gasteiger partial charge in [-0.3, -0.25) is 4.79 Å². The van der Waals surface area contributed by atoms with Gasteiger partial charge in [-0.05, 0) is 24.1 Å². The predicted molar refractivity (Wildman–Crippen MR) is 104 cm³/mol. The van der Waals surface area contributed by atoms with Crippen molar-refractivity contribution >= 4 is 33.5 Å². The zero-order valence-electron chi connectivity index (χ0n) is 14.3. The zero-order valence-corrected chi connectivity index (χ0v) is 15.1. The molecule has 1 heterocycles. The molecular formula is C21H15ClO5. The van der Waals surface area contributed by atoms with Crippen LogP contribution < -0.4 is 10.2 Å². The molecule has 0 spiro atoms. The predicted octanol–water partition coefficient (Wildman–Crippen LogP) is 4.90. The number of benzene rings is 3. The van der Waals surface area contributed by atoms with Crippen molar-refractivity contribution in [2.24, 2.45) is 0 Å². The van der Waals surface area contributed by atoms with Crippen LogP contribution in [0.3, 0.4) is 0 Å². The van der Waals surface area contributed by atoms with Crippen LogP contribution in [-0.4, -0.2) is 10.2 Å². The molecule has 0 aliphatic rings. The Morgan fingerprint density at radius 3 is 2.48 bits per heavy atom. The molecule has 3 aromatic carbocycles. The minimum absolute atomic E-state index is 0.0477. The number of ether oxygens (including phenoxy) is 1. The van der Waals surface area contributed by atoms with E-state index in [1.165, 1.54) is 6.07 Å². The third-order valence-corrected chi connectivity index (χ3v) is 4.75. The standard InChI is InChI=1S/C21H15ClO5/c1-11-7-13(26-10-12-5-3-2-4-6-12)8-15-17(11)20(24)18-16(27-15)9-14(23)19(22)21(18)25/h2-9,23,25H,10H2,1H3. The maximum atomic E-state index is 12.9. The van der Waals surface area contributed by atoms with Crippen LogP contribution in [0.4, 0.5) is 0 Å². The van der Waals surface area contributed by atoms with Crippen LogP contribution in [0.15, 0.2) is 57.7 Å². The highest BCUT2D eigenvalue weighted by Crippen LogP contribution is 2.39. The smallest absolute Gasteiger partial charge is 0.204 e. The molecule has 0 aliphatic carbocycles. The Bertz CT molecular complexity index is 1230. The molecule has 4 rings (SSSR count). The summed E-state index contributed by atoms with van der Waals surface area (Å²) in [5.41, 5.74) is 1.59. The van der Waals surface area contributed by atoms with Gasteiger partial charge in [0.2, 0.25) is 5.43 Å². The minimum atomic E-state index is -0.494. The maximum Gasteiger partial charge on any atom is 0.204 e. The Kier molecular flexibility index (Phi) is 4.16. The molecule has 136 valence electrons. The normalized spacial score (nSPS) is 11.2. The lowest BCUT2D eigenvalue weighted by Gasteiger charge is -2.11. The van der Waals surface area contributed by atoms with Gasteiger partial charge in [0, 0.05) is 12.1 Å². The molecule has 2 N–H and O–H groups in total. The highest BCUT2D eigenvalue weighted by atomic mass is 35.5. The van der Waals surface area contributed by atoms with Crippen LogP contribution in [0.25, 0.3) is 21.9 Å². The van der Waals surface area contributed by atoms with Gasteiger partial charge in [-0.25, -0.2) is 0 Å². The van der Waals surface area contributed by atoms with Crippen molar-refractivity contribution in [3.8, 4) is 17.2 Å². The van der Waals surface area contributed by atoms with Crippen LogP contribution in [0, 0.1) is 6.92 Å². The van der Waals surface area contributed by atoms with Crippen LogP contribution in [-0.2, 0) is 6.61 Å². The second-order valence-corrected chi connectivity index (χ2v) is 6.63. The van der Waals surface area contributed by atoms with Crippen molar-refractivity contribution in [3.05, 3.63) is 74.9 Å². The number of aryl methyl sites for hydroxylation is 1. The van der Waals surface area contributed by atoms with E-state index in [0.29, 0.717) is 28.9 Å². The number of halogens is 1. The van der Waals surface area contributed by atoms with Gasteiger partial charge in [0.1, 0.15) is 39.7 Å². The topological polar surface area (TPSA) is 79.9 Å². The Morgan fingerprint density at radius 1 is 1.04 bits per heavy atom. The fourth-order valence-electron chi connectivity index (χ4n) is 3.07. The quantitative estimate of drug-likeness (QED) is 0.493. The third-order valence-electron chi connectivity index (χ3n) is 4.38. The number of hydrogen-bond donors (Lipinski definition) is 2. The highest BCUT2D eigenvalue weighted by Gasteiger charge is 2.19. The zero-order chi connectivity index (χ0) is 19.1. The summed E-state index contributed by atoms with van der Waals surface area (Å²) in [5, 5.41) is 19.9. The van der Waals surface area contributed by atoms with E-state index in [1.54, 1.807) is 19.1 Å². The fourth-order valence-corrected chi connectivity index (χ4v) is 3.22. The van der Waals surface area contributed by atoms with Crippen molar-refractivity contribution in [1.29, 1.82) is 0 Å². The molecule has 27 heavy (non-hydrogen) atoms. The SMILES string of the molecule is Cc1cc(OCc2ccccc2)cc2oc3cc(O)c(Cl)c(O)c3c(=O)c12. The molecule has 0 amide bonds. The summed E-state index contributed by atoms with van der Waals surface area (Å²) >= 11 is 5.84. The first-order valence-corrected chi connectivity index (χ1v) is 8.62. The van der Waals surface area contributed by atoms with Gasteiger partial charge in [0.05, 0.1) is 5.39 Å². The van der Waals surface area contributed by atoms with E-state index in [0.717, 1.165) is 5.56 Å². The van der Waals surface area contributed by atoms with Crippen LogP contribution in [0.1, 0.15) is 11.1 Å². The number of hydrogen-bond acceptors (Lipinski definition) is 5. The second kappa shape index (κ2) is 6.52. The first kappa shape index (κ1) is 17.2. The molecule has 0 radical (unpaired) electrons. The second-order valence-electron chi connectivity index (χ2n) is 6.25. The van der Waals surface area contributed by atoms with Crippen molar-refractivity contribution in [2.75, 3.05) is 0 Å². The summed E-state index contributed by atoms with van der Waals surface area (Å²) in [4.78, 5) is 12.9. The Morgan fingerprint density at radius 2 is 1.74 bits per heavy atom. The average Bonchev–Trinajstić information content (AvgIpc) is 2.65. The number of phenolic OH excluding ortho intramolecular Hbond substituents is 2. The van der Waals surface area contributed by atoms with Gasteiger partial charge in [0.25, 0.3) is 0 Å². The van der Waals surface area contributed by atoms with E-state index in [-0.39, 0.29) is 21.7 Å². The number of fused-ring (bicyclic) bond motifs is 2. The minimum Gasteiger partial charge on any atom is -0.506 e. The summed E-state index contributed by atoms with van der Waals surface area (Å²) in [6, 6.07) is 14.3. The van der Waals surface area contributed by atoms with Crippen LogP contribution >= 0.6 is 11.6 Å². The Hall–Kier alpha value is -3.18. The molecule has 0 atom stereocenters. The molecule has 0 unspecified atom stereocenters. The summed E-state index contributed by atoms with van der Waals surface area (Å²) in [7, 11) is 0. The summed E-state index contributed by atoms with van der Waals surface area (Å²) in [6.07, 6.45) is 0. The van der Waals surface area contributed by atoms with E-state index < -0.39 is 11.2 Å². The van der Waals surface area contributed by atoms with Crippen LogP contribution in [0.5, 0.6) is 17.2 Å². The van der Waals surface area contributed by atoms with Gasteiger partial charge in [-0.1, -0.05) is 41.9 Å². The van der Waals surface area contributed by atoms with Crippen molar-refractivity contribution in [2.45, 2.75) is 13.5 Å². The van der Waals surface area contributed by atoms with Gasteiger partial charge in [-0.2, -0.15) is 0 Å². The van der Waals surface area contributed by atoms with Crippen LogP contribution in [0.2, 0.25) is 5.02 Å². The molecule has 0 fully saturated rings. The fraction of sp³-hybridized carbons (Fsp3) is 0.0952.